The second-order valence-corrected chi connectivity index (χ2v) is 6.92. The van der Waals surface area contributed by atoms with E-state index in [1.807, 2.05) is 0 Å². The fourth-order valence-corrected chi connectivity index (χ4v) is 3.58. The van der Waals surface area contributed by atoms with Gasteiger partial charge in [-0.15, -0.1) is 12.4 Å². The van der Waals surface area contributed by atoms with Crippen molar-refractivity contribution in [2.45, 2.75) is 26.3 Å². The molecular formula is C17H20Cl3N3O2. The number of hydrogen-bond acceptors (Lipinski definition) is 4. The average molecular weight is 405 g/mol. The first-order valence-corrected chi connectivity index (χ1v) is 8.67. The van der Waals surface area contributed by atoms with Crippen LogP contribution in [0.3, 0.4) is 0 Å². The lowest BCUT2D eigenvalue weighted by Crippen LogP contribution is -2.48. The maximum atomic E-state index is 12.8. The number of benzene rings is 1. The average Bonchev–Trinajstić information content (AvgIpc) is 2.91. The molecule has 1 saturated heterocycles. The van der Waals surface area contributed by atoms with Crippen LogP contribution in [0.1, 0.15) is 29.5 Å². The summed E-state index contributed by atoms with van der Waals surface area (Å²) in [4.78, 5) is 12.8. The quantitative estimate of drug-likeness (QED) is 0.808. The Morgan fingerprint density at radius 2 is 2.04 bits per heavy atom. The highest BCUT2D eigenvalue weighted by molar-refractivity contribution is 6.39. The molecule has 1 aliphatic heterocycles. The Kier molecular flexibility index (Phi) is 6.74. The van der Waals surface area contributed by atoms with Gasteiger partial charge in [0, 0.05) is 11.6 Å². The highest BCUT2D eigenvalue weighted by Gasteiger charge is 2.28. The summed E-state index contributed by atoms with van der Waals surface area (Å²) in [6.07, 6.45) is 0.888. The van der Waals surface area contributed by atoms with Crippen molar-refractivity contribution in [3.8, 4) is 11.3 Å². The highest BCUT2D eigenvalue weighted by atomic mass is 35.5. The first-order valence-electron chi connectivity index (χ1n) is 7.91. The van der Waals surface area contributed by atoms with E-state index in [1.165, 1.54) is 0 Å². The van der Waals surface area contributed by atoms with Gasteiger partial charge in [0.15, 0.2) is 0 Å². The number of amides is 1. The monoisotopic (exact) mass is 403 g/mol. The van der Waals surface area contributed by atoms with Crippen LogP contribution in [0.2, 0.25) is 10.0 Å². The molecule has 0 bridgehead atoms. The van der Waals surface area contributed by atoms with Gasteiger partial charge in [0.25, 0.3) is 5.91 Å². The fourth-order valence-electron chi connectivity index (χ4n) is 3.00. The number of aryl methyl sites for hydroxylation is 1. The zero-order valence-corrected chi connectivity index (χ0v) is 16.3. The van der Waals surface area contributed by atoms with Gasteiger partial charge in [-0.1, -0.05) is 41.3 Å². The Morgan fingerprint density at radius 1 is 1.36 bits per heavy atom. The summed E-state index contributed by atoms with van der Waals surface area (Å²) in [5.74, 6) is 0.591. The van der Waals surface area contributed by atoms with Crippen LogP contribution in [0.25, 0.3) is 11.3 Å². The van der Waals surface area contributed by atoms with E-state index in [-0.39, 0.29) is 24.4 Å². The number of aromatic nitrogens is 1. The molecule has 2 atom stereocenters. The number of carbonyl (C=O) groups is 1. The topological polar surface area (TPSA) is 67.2 Å². The van der Waals surface area contributed by atoms with Crippen LogP contribution >= 0.6 is 35.6 Å². The van der Waals surface area contributed by atoms with E-state index in [9.17, 15) is 4.79 Å². The summed E-state index contributed by atoms with van der Waals surface area (Å²) in [6.45, 7) is 5.60. The van der Waals surface area contributed by atoms with Crippen molar-refractivity contribution >= 4 is 41.5 Å². The molecule has 2 unspecified atom stereocenters. The minimum absolute atomic E-state index is 0. The number of nitrogens with one attached hydrogen (secondary N) is 2. The van der Waals surface area contributed by atoms with Crippen molar-refractivity contribution in [3.05, 3.63) is 39.6 Å². The Hall–Kier alpha value is -1.27. The number of nitrogens with zero attached hydrogens (tertiary/aromatic N) is 1. The molecule has 8 heteroatoms. The number of piperidine rings is 1. The van der Waals surface area contributed by atoms with Crippen LogP contribution in [0.4, 0.5) is 0 Å². The standard InChI is InChI=1S/C17H19Cl2N3O2.ClH/c1-9-8-20-7-6-13(9)21-17(23)14-10(2)24-22-16(14)15-11(18)4-3-5-12(15)19;/h3-5,9,13,20H,6-8H2,1-2H3,(H,21,23);1H. The molecule has 1 fully saturated rings. The Balaban J connectivity index is 0.00000225. The van der Waals surface area contributed by atoms with E-state index in [1.54, 1.807) is 25.1 Å². The van der Waals surface area contributed by atoms with Crippen molar-refractivity contribution < 1.29 is 9.32 Å². The largest absolute Gasteiger partial charge is 0.360 e. The molecule has 0 spiro atoms. The normalized spacial score (nSPS) is 20.0. The van der Waals surface area contributed by atoms with Crippen molar-refractivity contribution in [1.29, 1.82) is 0 Å². The predicted molar refractivity (Wildman–Crippen MR) is 102 cm³/mol. The second-order valence-electron chi connectivity index (χ2n) is 6.11. The van der Waals surface area contributed by atoms with Gasteiger partial charge in [-0.25, -0.2) is 0 Å². The molecule has 5 nitrogen and oxygen atoms in total. The Bertz CT molecular complexity index is 743. The SMILES string of the molecule is Cc1onc(-c2c(Cl)cccc2Cl)c1C(=O)NC1CCNCC1C.Cl. The van der Waals surface area contributed by atoms with Gasteiger partial charge in [-0.3, -0.25) is 4.79 Å². The third kappa shape index (κ3) is 4.11. The first-order chi connectivity index (χ1) is 11.5. The lowest BCUT2D eigenvalue weighted by atomic mass is 9.94. The molecule has 2 aromatic rings. The fraction of sp³-hybridized carbons (Fsp3) is 0.412. The molecule has 136 valence electrons. The molecule has 2 N–H and O–H groups in total. The van der Waals surface area contributed by atoms with Gasteiger partial charge in [-0.05, 0) is 44.5 Å². The third-order valence-electron chi connectivity index (χ3n) is 4.39. The van der Waals surface area contributed by atoms with Crippen LogP contribution in [0, 0.1) is 12.8 Å². The van der Waals surface area contributed by atoms with E-state index >= 15 is 0 Å². The van der Waals surface area contributed by atoms with Crippen molar-refractivity contribution in [2.24, 2.45) is 5.92 Å². The van der Waals surface area contributed by atoms with Crippen molar-refractivity contribution in [1.82, 2.24) is 15.8 Å². The maximum absolute atomic E-state index is 12.8. The summed E-state index contributed by atoms with van der Waals surface area (Å²) >= 11 is 12.5. The molecule has 1 aliphatic rings. The van der Waals surface area contributed by atoms with Crippen LogP contribution in [0.15, 0.2) is 22.7 Å². The second kappa shape index (κ2) is 8.41. The number of rotatable bonds is 3. The molecule has 1 amide bonds. The summed E-state index contributed by atoms with van der Waals surface area (Å²) in [7, 11) is 0. The third-order valence-corrected chi connectivity index (χ3v) is 5.02. The molecule has 0 radical (unpaired) electrons. The van der Waals surface area contributed by atoms with E-state index in [4.69, 9.17) is 27.7 Å². The first kappa shape index (κ1) is 20.0. The van der Waals surface area contributed by atoms with Gasteiger partial charge in [0.1, 0.15) is 17.0 Å². The van der Waals surface area contributed by atoms with E-state index in [0.29, 0.717) is 38.5 Å². The summed E-state index contributed by atoms with van der Waals surface area (Å²) in [6, 6.07) is 5.28. The molecular weight excluding hydrogens is 385 g/mol. The summed E-state index contributed by atoms with van der Waals surface area (Å²) in [5, 5.41) is 11.3. The van der Waals surface area contributed by atoms with Crippen LogP contribution < -0.4 is 10.6 Å². The van der Waals surface area contributed by atoms with E-state index in [0.717, 1.165) is 19.5 Å². The van der Waals surface area contributed by atoms with Crippen LogP contribution in [-0.2, 0) is 0 Å². The van der Waals surface area contributed by atoms with E-state index < -0.39 is 0 Å². The van der Waals surface area contributed by atoms with Crippen molar-refractivity contribution in [2.75, 3.05) is 13.1 Å². The molecule has 1 aromatic heterocycles. The van der Waals surface area contributed by atoms with Crippen molar-refractivity contribution in [3.63, 3.8) is 0 Å². The zero-order valence-electron chi connectivity index (χ0n) is 13.9. The van der Waals surface area contributed by atoms with Crippen LogP contribution in [-0.4, -0.2) is 30.2 Å². The molecule has 2 heterocycles. The molecule has 25 heavy (non-hydrogen) atoms. The summed E-state index contributed by atoms with van der Waals surface area (Å²) < 4.78 is 5.26. The lowest BCUT2D eigenvalue weighted by Gasteiger charge is -2.30. The molecule has 3 rings (SSSR count). The lowest BCUT2D eigenvalue weighted by molar-refractivity contribution is 0.0913. The molecule has 1 aromatic carbocycles. The molecule has 0 aliphatic carbocycles. The number of halogens is 3. The maximum Gasteiger partial charge on any atom is 0.257 e. The Labute approximate surface area is 162 Å². The number of hydrogen-bond donors (Lipinski definition) is 2. The predicted octanol–water partition coefficient (Wildman–Crippen LogP) is 4.11. The smallest absolute Gasteiger partial charge is 0.257 e. The van der Waals surface area contributed by atoms with E-state index in [2.05, 4.69) is 22.7 Å². The van der Waals surface area contributed by atoms with Gasteiger partial charge in [0.05, 0.1) is 10.0 Å². The van der Waals surface area contributed by atoms with Gasteiger partial charge in [-0.2, -0.15) is 0 Å². The highest BCUT2D eigenvalue weighted by Crippen LogP contribution is 2.36. The minimum Gasteiger partial charge on any atom is -0.360 e. The summed E-state index contributed by atoms with van der Waals surface area (Å²) in [5.41, 5.74) is 1.28. The van der Waals surface area contributed by atoms with Gasteiger partial charge >= 0.3 is 0 Å². The minimum atomic E-state index is -0.210. The van der Waals surface area contributed by atoms with Crippen LogP contribution in [0.5, 0.6) is 0 Å². The van der Waals surface area contributed by atoms with Gasteiger partial charge in [0.2, 0.25) is 0 Å². The molecule has 0 saturated carbocycles. The zero-order chi connectivity index (χ0) is 17.3. The van der Waals surface area contributed by atoms with Gasteiger partial charge < -0.3 is 15.2 Å². The Morgan fingerprint density at radius 3 is 2.68 bits per heavy atom. The number of carbonyl (C=O) groups excluding carboxylic acids is 1.